The van der Waals surface area contributed by atoms with Crippen molar-refractivity contribution in [2.45, 2.75) is 26.4 Å². The van der Waals surface area contributed by atoms with Crippen molar-refractivity contribution in [1.29, 1.82) is 0 Å². The van der Waals surface area contributed by atoms with Crippen LogP contribution < -0.4 is 5.32 Å². The van der Waals surface area contributed by atoms with Crippen LogP contribution in [0, 0.1) is 13.8 Å². The highest BCUT2D eigenvalue weighted by atomic mass is 32.1. The van der Waals surface area contributed by atoms with Crippen LogP contribution >= 0.6 is 11.3 Å². The molecule has 7 nitrogen and oxygen atoms in total. The summed E-state index contributed by atoms with van der Waals surface area (Å²) in [7, 11) is 0. The van der Waals surface area contributed by atoms with Crippen LogP contribution in [0.2, 0.25) is 0 Å². The molecule has 2 N–H and O–H groups in total. The van der Waals surface area contributed by atoms with Crippen molar-refractivity contribution in [3.63, 3.8) is 0 Å². The molecule has 3 rings (SSSR count). The van der Waals surface area contributed by atoms with Crippen molar-refractivity contribution in [2.75, 3.05) is 18.5 Å². The van der Waals surface area contributed by atoms with Gasteiger partial charge in [-0.1, -0.05) is 60.7 Å². The molecule has 0 unspecified atom stereocenters. The van der Waals surface area contributed by atoms with E-state index in [1.807, 2.05) is 6.92 Å². The van der Waals surface area contributed by atoms with Gasteiger partial charge in [-0.15, -0.1) is 11.3 Å². The van der Waals surface area contributed by atoms with Gasteiger partial charge < -0.3 is 19.9 Å². The van der Waals surface area contributed by atoms with E-state index in [4.69, 9.17) is 9.47 Å². The quantitative estimate of drug-likeness (QED) is 0.486. The molecule has 3 aromatic rings. The van der Waals surface area contributed by atoms with Crippen molar-refractivity contribution < 1.29 is 29.0 Å². The first-order valence-electron chi connectivity index (χ1n) is 10.4. The third-order valence-corrected chi connectivity index (χ3v) is 6.25. The molecule has 0 radical (unpaired) electrons. The Hall–Kier alpha value is -3.49. The van der Waals surface area contributed by atoms with Crippen LogP contribution in [-0.4, -0.2) is 36.2 Å². The van der Waals surface area contributed by atoms with Crippen molar-refractivity contribution in [3.05, 3.63) is 87.8 Å². The number of benzene rings is 2. The fourth-order valence-electron chi connectivity index (χ4n) is 3.32. The molecule has 0 bridgehead atoms. The normalized spacial score (nSPS) is 11.0. The predicted octanol–water partition coefficient (Wildman–Crippen LogP) is 3.96. The summed E-state index contributed by atoms with van der Waals surface area (Å²) in [5.74, 6) is -2.16. The highest BCUT2D eigenvalue weighted by Crippen LogP contribution is 2.33. The van der Waals surface area contributed by atoms with Crippen LogP contribution in [0.1, 0.15) is 38.8 Å². The number of carbonyl (C=O) groups excluding carboxylic acids is 3. The number of amides is 1. The Morgan fingerprint density at radius 1 is 0.939 bits per heavy atom. The van der Waals surface area contributed by atoms with Crippen LogP contribution in [0.4, 0.5) is 5.00 Å². The largest absolute Gasteiger partial charge is 0.462 e. The lowest BCUT2D eigenvalue weighted by atomic mass is 9.86. The summed E-state index contributed by atoms with van der Waals surface area (Å²) in [6.45, 7) is 4.87. The molecule has 1 amide bonds. The van der Waals surface area contributed by atoms with Gasteiger partial charge in [0.05, 0.1) is 12.2 Å². The third kappa shape index (κ3) is 5.13. The third-order valence-electron chi connectivity index (χ3n) is 5.13. The van der Waals surface area contributed by atoms with Gasteiger partial charge in [-0.05, 0) is 37.5 Å². The van der Waals surface area contributed by atoms with E-state index in [-0.39, 0.29) is 12.2 Å². The number of nitrogens with one attached hydrogen (secondary N) is 1. The first kappa shape index (κ1) is 24.2. The number of hydrogen-bond donors (Lipinski definition) is 2. The molecule has 1 aromatic heterocycles. The number of esters is 2. The van der Waals surface area contributed by atoms with Crippen LogP contribution in [0.25, 0.3) is 0 Å². The number of ether oxygens (including phenoxy) is 2. The zero-order chi connectivity index (χ0) is 24.0. The van der Waals surface area contributed by atoms with Crippen molar-refractivity contribution in [3.8, 4) is 0 Å². The molecular weight excluding hydrogens is 442 g/mol. The second-order valence-corrected chi connectivity index (χ2v) is 8.50. The van der Waals surface area contributed by atoms with Crippen LogP contribution in [0.3, 0.4) is 0 Å². The maximum Gasteiger partial charge on any atom is 0.348 e. The van der Waals surface area contributed by atoms with Crippen LogP contribution in [0.15, 0.2) is 60.7 Å². The van der Waals surface area contributed by atoms with Crippen LogP contribution in [0.5, 0.6) is 0 Å². The van der Waals surface area contributed by atoms with Gasteiger partial charge in [0.2, 0.25) is 5.60 Å². The zero-order valence-corrected chi connectivity index (χ0v) is 19.4. The van der Waals surface area contributed by atoms with Gasteiger partial charge in [0, 0.05) is 4.88 Å². The smallest absolute Gasteiger partial charge is 0.348 e. The minimum atomic E-state index is -2.09. The van der Waals surface area contributed by atoms with Gasteiger partial charge in [0.15, 0.2) is 6.61 Å². The standard InChI is InChI=1S/C25H25NO6S/c1-4-31-23(28)21-16(2)17(3)33-22(21)26-20(27)15-32-24(29)25(30,18-11-7-5-8-12-18)19-13-9-6-10-14-19/h5-14,30H,4,15H2,1-3H3,(H,26,27). The molecule has 0 aliphatic rings. The minimum absolute atomic E-state index is 0.204. The highest BCUT2D eigenvalue weighted by molar-refractivity contribution is 7.16. The molecule has 0 saturated heterocycles. The summed E-state index contributed by atoms with van der Waals surface area (Å²) in [6.07, 6.45) is 0. The lowest BCUT2D eigenvalue weighted by Gasteiger charge is -2.26. The average Bonchev–Trinajstić information content (AvgIpc) is 3.10. The Morgan fingerprint density at radius 3 is 2.00 bits per heavy atom. The topological polar surface area (TPSA) is 102 Å². The summed E-state index contributed by atoms with van der Waals surface area (Å²) < 4.78 is 10.3. The van der Waals surface area contributed by atoms with Gasteiger partial charge in [0.1, 0.15) is 5.00 Å². The van der Waals surface area contributed by atoms with E-state index in [0.29, 0.717) is 21.7 Å². The van der Waals surface area contributed by atoms with Gasteiger partial charge in [-0.3, -0.25) is 4.79 Å². The molecule has 1 heterocycles. The van der Waals surface area contributed by atoms with Gasteiger partial charge in [-0.25, -0.2) is 9.59 Å². The Kier molecular flexibility index (Phi) is 7.63. The van der Waals surface area contributed by atoms with Crippen molar-refractivity contribution in [2.24, 2.45) is 0 Å². The second kappa shape index (κ2) is 10.4. The van der Waals surface area contributed by atoms with E-state index in [0.717, 1.165) is 4.88 Å². The SMILES string of the molecule is CCOC(=O)c1c(NC(=O)COC(=O)C(O)(c2ccccc2)c2ccccc2)sc(C)c1C. The number of hydrogen-bond acceptors (Lipinski definition) is 7. The molecular formula is C25H25NO6S. The maximum absolute atomic E-state index is 13.0. The van der Waals surface area contributed by atoms with Crippen molar-refractivity contribution in [1.82, 2.24) is 0 Å². The van der Waals surface area contributed by atoms with Crippen molar-refractivity contribution >= 4 is 34.2 Å². The van der Waals surface area contributed by atoms with E-state index in [1.165, 1.54) is 11.3 Å². The molecule has 2 aromatic carbocycles. The Labute approximate surface area is 196 Å². The van der Waals surface area contributed by atoms with E-state index in [1.54, 1.807) is 74.5 Å². The number of aliphatic hydroxyl groups is 1. The van der Waals surface area contributed by atoms with Gasteiger partial charge >= 0.3 is 11.9 Å². The Balaban J connectivity index is 1.78. The maximum atomic E-state index is 13.0. The molecule has 8 heteroatoms. The molecule has 0 aliphatic heterocycles. The molecule has 0 aliphatic carbocycles. The number of rotatable bonds is 8. The number of aryl methyl sites for hydroxylation is 1. The molecule has 172 valence electrons. The molecule has 0 atom stereocenters. The number of carbonyl (C=O) groups is 3. The molecule has 0 spiro atoms. The Morgan fingerprint density at radius 2 is 1.48 bits per heavy atom. The summed E-state index contributed by atoms with van der Waals surface area (Å²) in [6, 6.07) is 16.7. The fraction of sp³-hybridized carbons (Fsp3) is 0.240. The fourth-order valence-corrected chi connectivity index (χ4v) is 4.39. The van der Waals surface area contributed by atoms with Gasteiger partial charge in [-0.2, -0.15) is 0 Å². The summed E-state index contributed by atoms with van der Waals surface area (Å²) in [5, 5.41) is 14.3. The monoisotopic (exact) mass is 467 g/mol. The Bertz CT molecular complexity index is 1100. The number of anilines is 1. The van der Waals surface area contributed by atoms with Gasteiger partial charge in [0.25, 0.3) is 5.91 Å². The predicted molar refractivity (Wildman–Crippen MR) is 125 cm³/mol. The molecule has 0 saturated carbocycles. The number of thiophene rings is 1. The van der Waals surface area contributed by atoms with Crippen LogP contribution in [-0.2, 0) is 24.7 Å². The first-order chi connectivity index (χ1) is 15.8. The van der Waals surface area contributed by atoms with E-state index in [2.05, 4.69) is 5.32 Å². The minimum Gasteiger partial charge on any atom is -0.462 e. The summed E-state index contributed by atoms with van der Waals surface area (Å²) in [5.41, 5.74) is -0.460. The first-order valence-corrected chi connectivity index (χ1v) is 11.2. The lowest BCUT2D eigenvalue weighted by Crippen LogP contribution is -2.39. The molecule has 33 heavy (non-hydrogen) atoms. The summed E-state index contributed by atoms with van der Waals surface area (Å²) in [4.78, 5) is 38.7. The highest BCUT2D eigenvalue weighted by Gasteiger charge is 2.41. The van der Waals surface area contributed by atoms with E-state index >= 15 is 0 Å². The zero-order valence-electron chi connectivity index (χ0n) is 18.6. The average molecular weight is 468 g/mol. The molecule has 0 fully saturated rings. The second-order valence-electron chi connectivity index (χ2n) is 7.27. The lowest BCUT2D eigenvalue weighted by molar-refractivity contribution is -0.163. The summed E-state index contributed by atoms with van der Waals surface area (Å²) >= 11 is 1.23. The van der Waals surface area contributed by atoms with E-state index < -0.39 is 30.1 Å². The van der Waals surface area contributed by atoms with E-state index in [9.17, 15) is 19.5 Å².